The Kier molecular flexibility index (Phi) is 3.71. The Hall–Kier alpha value is -1.09. The van der Waals surface area contributed by atoms with E-state index in [2.05, 4.69) is 16.9 Å². The second-order valence-corrected chi connectivity index (χ2v) is 3.17. The van der Waals surface area contributed by atoms with Crippen molar-refractivity contribution in [2.45, 2.75) is 18.9 Å². The summed E-state index contributed by atoms with van der Waals surface area (Å²) in [6, 6.07) is 0.346. The van der Waals surface area contributed by atoms with Gasteiger partial charge in [0.05, 0.1) is 18.1 Å². The van der Waals surface area contributed by atoms with E-state index in [1.54, 1.807) is 0 Å². The first-order chi connectivity index (χ1) is 6.27. The molecule has 13 heavy (non-hydrogen) atoms. The maximum atomic E-state index is 4.31. The van der Waals surface area contributed by atoms with Gasteiger partial charge in [0.1, 0.15) is 0 Å². The molecule has 1 unspecified atom stereocenters. The lowest BCUT2D eigenvalue weighted by Crippen LogP contribution is -2.16. The minimum atomic E-state index is 0.346. The maximum Gasteiger partial charge on any atom is 0.0947 e. The normalized spacial score (nSPS) is 12.8. The third kappa shape index (κ3) is 2.70. The summed E-state index contributed by atoms with van der Waals surface area (Å²) in [5.41, 5.74) is 1.10. The van der Waals surface area contributed by atoms with Gasteiger partial charge in [-0.2, -0.15) is 0 Å². The molecular formula is C10H17N3. The van der Waals surface area contributed by atoms with Crippen molar-refractivity contribution in [2.75, 3.05) is 7.05 Å². The van der Waals surface area contributed by atoms with E-state index in [1.165, 1.54) is 0 Å². The number of allylic oxidation sites excluding steroid dienone is 1. The predicted molar refractivity (Wildman–Crippen MR) is 54.4 cm³/mol. The van der Waals surface area contributed by atoms with Crippen LogP contribution in [0.4, 0.5) is 0 Å². The molecule has 0 aliphatic carbocycles. The quantitative estimate of drug-likeness (QED) is 0.696. The fraction of sp³-hybridized carbons (Fsp3) is 0.500. The highest BCUT2D eigenvalue weighted by atomic mass is 15.0. The summed E-state index contributed by atoms with van der Waals surface area (Å²) < 4.78 is 1.97. The Labute approximate surface area is 79.5 Å². The molecular weight excluding hydrogens is 162 g/mol. The maximum absolute atomic E-state index is 4.31. The number of aryl methyl sites for hydroxylation is 1. The molecule has 1 rings (SSSR count). The van der Waals surface area contributed by atoms with Crippen molar-refractivity contribution < 1.29 is 0 Å². The number of nitrogens with zero attached hydrogens (tertiary/aromatic N) is 2. The second kappa shape index (κ2) is 4.82. The van der Waals surface area contributed by atoms with Crippen molar-refractivity contribution in [1.29, 1.82) is 0 Å². The number of imidazole rings is 1. The lowest BCUT2D eigenvalue weighted by Gasteiger charge is -2.11. The van der Waals surface area contributed by atoms with Gasteiger partial charge in [-0.15, -0.1) is 6.58 Å². The van der Waals surface area contributed by atoms with E-state index >= 15 is 0 Å². The van der Waals surface area contributed by atoms with Gasteiger partial charge < -0.3 is 9.88 Å². The van der Waals surface area contributed by atoms with Crippen LogP contribution in [0.5, 0.6) is 0 Å². The fourth-order valence-corrected chi connectivity index (χ4v) is 1.34. The fourth-order valence-electron chi connectivity index (χ4n) is 1.34. The molecule has 1 N–H and O–H groups in total. The average Bonchev–Trinajstić information content (AvgIpc) is 2.54. The predicted octanol–water partition coefficient (Wildman–Crippen LogP) is 1.65. The van der Waals surface area contributed by atoms with Crippen LogP contribution in [0.3, 0.4) is 0 Å². The van der Waals surface area contributed by atoms with Gasteiger partial charge in [0.2, 0.25) is 0 Å². The van der Waals surface area contributed by atoms with E-state index in [0.717, 1.165) is 18.5 Å². The summed E-state index contributed by atoms with van der Waals surface area (Å²) in [6.07, 6.45) is 7.88. The van der Waals surface area contributed by atoms with E-state index in [1.807, 2.05) is 37.3 Å². The molecule has 0 radical (unpaired) electrons. The van der Waals surface area contributed by atoms with Crippen LogP contribution in [-0.2, 0) is 7.05 Å². The van der Waals surface area contributed by atoms with Crippen LogP contribution in [-0.4, -0.2) is 16.6 Å². The van der Waals surface area contributed by atoms with Crippen molar-refractivity contribution >= 4 is 0 Å². The van der Waals surface area contributed by atoms with E-state index < -0.39 is 0 Å². The molecule has 0 saturated carbocycles. The molecule has 0 fully saturated rings. The summed E-state index contributed by atoms with van der Waals surface area (Å²) in [5.74, 6) is 0. The number of aromatic nitrogens is 2. The highest BCUT2D eigenvalue weighted by Gasteiger charge is 2.09. The molecule has 3 nitrogen and oxygen atoms in total. The zero-order chi connectivity index (χ0) is 9.68. The van der Waals surface area contributed by atoms with Crippen LogP contribution < -0.4 is 5.32 Å². The topological polar surface area (TPSA) is 29.9 Å². The largest absolute Gasteiger partial charge is 0.340 e. The molecule has 0 spiro atoms. The Bertz CT molecular complexity index is 265. The van der Waals surface area contributed by atoms with Crippen molar-refractivity contribution in [2.24, 2.45) is 7.05 Å². The van der Waals surface area contributed by atoms with Crippen LogP contribution in [0.25, 0.3) is 0 Å². The van der Waals surface area contributed by atoms with Crippen LogP contribution >= 0.6 is 0 Å². The molecule has 0 saturated heterocycles. The Balaban J connectivity index is 2.60. The first kappa shape index (κ1) is 9.99. The molecule has 0 aromatic carbocycles. The van der Waals surface area contributed by atoms with E-state index in [0.29, 0.717) is 6.04 Å². The van der Waals surface area contributed by atoms with Crippen LogP contribution in [0.2, 0.25) is 0 Å². The minimum absolute atomic E-state index is 0.346. The summed E-state index contributed by atoms with van der Waals surface area (Å²) in [7, 11) is 3.94. The first-order valence-electron chi connectivity index (χ1n) is 4.54. The van der Waals surface area contributed by atoms with Gasteiger partial charge in [-0.05, 0) is 19.9 Å². The SMILES string of the molecule is C=CCCC(NC)c1cn(C)cn1. The molecule has 1 heterocycles. The third-order valence-corrected chi connectivity index (χ3v) is 2.09. The van der Waals surface area contributed by atoms with Gasteiger partial charge >= 0.3 is 0 Å². The lowest BCUT2D eigenvalue weighted by molar-refractivity contribution is 0.542. The molecule has 0 bridgehead atoms. The van der Waals surface area contributed by atoms with E-state index in [-0.39, 0.29) is 0 Å². The summed E-state index contributed by atoms with van der Waals surface area (Å²) in [6.45, 7) is 3.71. The molecule has 1 atom stereocenters. The minimum Gasteiger partial charge on any atom is -0.340 e. The highest BCUT2D eigenvalue weighted by Crippen LogP contribution is 2.15. The van der Waals surface area contributed by atoms with Crippen molar-refractivity contribution in [3.05, 3.63) is 30.9 Å². The van der Waals surface area contributed by atoms with Gasteiger partial charge in [0.15, 0.2) is 0 Å². The monoisotopic (exact) mass is 179 g/mol. The van der Waals surface area contributed by atoms with Crippen LogP contribution in [0.15, 0.2) is 25.2 Å². The molecule has 1 aromatic rings. The van der Waals surface area contributed by atoms with E-state index in [4.69, 9.17) is 0 Å². The zero-order valence-electron chi connectivity index (χ0n) is 8.33. The third-order valence-electron chi connectivity index (χ3n) is 2.09. The van der Waals surface area contributed by atoms with E-state index in [9.17, 15) is 0 Å². The van der Waals surface area contributed by atoms with Crippen LogP contribution in [0.1, 0.15) is 24.6 Å². The molecule has 1 aromatic heterocycles. The van der Waals surface area contributed by atoms with Gasteiger partial charge in [-0.3, -0.25) is 0 Å². The molecule has 3 heteroatoms. The number of hydrogen-bond acceptors (Lipinski definition) is 2. The Morgan fingerprint density at radius 3 is 3.00 bits per heavy atom. The molecule has 0 aliphatic heterocycles. The standard InChI is InChI=1S/C10H17N3/c1-4-5-6-9(11-2)10-7-13(3)8-12-10/h4,7-9,11H,1,5-6H2,2-3H3. The zero-order valence-corrected chi connectivity index (χ0v) is 8.33. The summed E-state index contributed by atoms with van der Waals surface area (Å²) in [5, 5.41) is 3.24. The Morgan fingerprint density at radius 1 is 1.77 bits per heavy atom. The van der Waals surface area contributed by atoms with Crippen molar-refractivity contribution in [3.63, 3.8) is 0 Å². The number of nitrogens with one attached hydrogen (secondary N) is 1. The molecule has 0 aliphatic rings. The van der Waals surface area contributed by atoms with Gasteiger partial charge in [0.25, 0.3) is 0 Å². The highest BCUT2D eigenvalue weighted by molar-refractivity contribution is 5.03. The summed E-state index contributed by atoms with van der Waals surface area (Å²) >= 11 is 0. The molecule has 72 valence electrons. The van der Waals surface area contributed by atoms with Gasteiger partial charge in [-0.1, -0.05) is 6.08 Å². The smallest absolute Gasteiger partial charge is 0.0947 e. The average molecular weight is 179 g/mol. The second-order valence-electron chi connectivity index (χ2n) is 3.17. The lowest BCUT2D eigenvalue weighted by atomic mass is 10.1. The Morgan fingerprint density at radius 2 is 2.54 bits per heavy atom. The molecule has 0 amide bonds. The van der Waals surface area contributed by atoms with Gasteiger partial charge in [-0.25, -0.2) is 4.98 Å². The summed E-state index contributed by atoms with van der Waals surface area (Å²) in [4.78, 5) is 4.31. The van der Waals surface area contributed by atoms with Crippen LogP contribution in [0, 0.1) is 0 Å². The van der Waals surface area contributed by atoms with Gasteiger partial charge in [0, 0.05) is 13.2 Å². The first-order valence-corrected chi connectivity index (χ1v) is 4.54. The number of hydrogen-bond donors (Lipinski definition) is 1. The number of rotatable bonds is 5. The van der Waals surface area contributed by atoms with Crippen molar-refractivity contribution in [3.8, 4) is 0 Å². The van der Waals surface area contributed by atoms with Crippen molar-refractivity contribution in [1.82, 2.24) is 14.9 Å².